The highest BCUT2D eigenvalue weighted by Crippen LogP contribution is 2.10. The summed E-state index contributed by atoms with van der Waals surface area (Å²) in [5.41, 5.74) is 7.04. The molecule has 0 atom stereocenters. The topological polar surface area (TPSA) is 69.6 Å². The Hall–Kier alpha value is -1.82. The summed E-state index contributed by atoms with van der Waals surface area (Å²) in [5, 5.41) is 0. The van der Waals surface area contributed by atoms with Crippen molar-refractivity contribution in [2.24, 2.45) is 5.73 Å². The maximum absolute atomic E-state index is 5.62. The van der Waals surface area contributed by atoms with E-state index in [9.17, 15) is 0 Å². The molecule has 0 aliphatic heterocycles. The fourth-order valence-corrected chi connectivity index (χ4v) is 1.82. The van der Waals surface area contributed by atoms with Gasteiger partial charge in [0, 0.05) is 24.5 Å². The van der Waals surface area contributed by atoms with E-state index in [0.29, 0.717) is 11.6 Å². The lowest BCUT2D eigenvalue weighted by atomic mass is 10.3. The molecule has 18 heavy (non-hydrogen) atoms. The van der Waals surface area contributed by atoms with Crippen molar-refractivity contribution in [2.75, 3.05) is 0 Å². The minimum atomic E-state index is 0.277. The summed E-state index contributed by atoms with van der Waals surface area (Å²) in [7, 11) is 0. The minimum Gasteiger partial charge on any atom is -0.388 e. The van der Waals surface area contributed by atoms with Crippen molar-refractivity contribution >= 4 is 17.2 Å². The van der Waals surface area contributed by atoms with E-state index >= 15 is 0 Å². The van der Waals surface area contributed by atoms with Gasteiger partial charge in [0.2, 0.25) is 5.95 Å². The molecular formula is C12H15N5S. The number of imidazole rings is 1. The van der Waals surface area contributed by atoms with Crippen molar-refractivity contribution < 1.29 is 0 Å². The first-order valence-electron chi connectivity index (χ1n) is 5.80. The van der Waals surface area contributed by atoms with Gasteiger partial charge in [-0.25, -0.2) is 15.0 Å². The van der Waals surface area contributed by atoms with Crippen molar-refractivity contribution in [3.8, 4) is 5.95 Å². The molecule has 0 amide bonds. The van der Waals surface area contributed by atoms with Crippen molar-refractivity contribution in [3.05, 3.63) is 35.7 Å². The molecule has 6 heteroatoms. The lowest BCUT2D eigenvalue weighted by Crippen LogP contribution is -2.15. The third kappa shape index (κ3) is 2.53. The molecule has 94 valence electrons. The largest absolute Gasteiger partial charge is 0.388 e. The monoisotopic (exact) mass is 261 g/mol. The standard InChI is InChI=1S/C12H15N5S/c1-3-4-10-14-5-6-17(10)12-15-8(2)7-9(16-12)11(13)18/h5-7H,3-4H2,1-2H3,(H2,13,18). The number of thiocarbonyl (C=S) groups is 1. The molecule has 0 aromatic carbocycles. The molecule has 2 aromatic heterocycles. The van der Waals surface area contributed by atoms with Crippen LogP contribution in [0.15, 0.2) is 18.5 Å². The molecule has 0 radical (unpaired) electrons. The average Bonchev–Trinajstić information content (AvgIpc) is 2.77. The van der Waals surface area contributed by atoms with Gasteiger partial charge < -0.3 is 5.73 Å². The maximum atomic E-state index is 5.62. The van der Waals surface area contributed by atoms with E-state index in [-0.39, 0.29) is 4.99 Å². The molecule has 0 spiro atoms. The van der Waals surface area contributed by atoms with Crippen LogP contribution < -0.4 is 5.73 Å². The van der Waals surface area contributed by atoms with Crippen LogP contribution in [0.2, 0.25) is 0 Å². The van der Waals surface area contributed by atoms with Crippen LogP contribution >= 0.6 is 12.2 Å². The van der Waals surface area contributed by atoms with Gasteiger partial charge in [0.1, 0.15) is 16.5 Å². The van der Waals surface area contributed by atoms with E-state index in [4.69, 9.17) is 18.0 Å². The molecule has 0 bridgehead atoms. The smallest absolute Gasteiger partial charge is 0.235 e. The van der Waals surface area contributed by atoms with Gasteiger partial charge in [-0.05, 0) is 19.4 Å². The highest BCUT2D eigenvalue weighted by Gasteiger charge is 2.09. The zero-order chi connectivity index (χ0) is 13.1. The van der Waals surface area contributed by atoms with E-state index in [2.05, 4.69) is 21.9 Å². The van der Waals surface area contributed by atoms with Crippen molar-refractivity contribution in [3.63, 3.8) is 0 Å². The van der Waals surface area contributed by atoms with Gasteiger partial charge in [-0.1, -0.05) is 19.1 Å². The number of hydrogen-bond donors (Lipinski definition) is 1. The zero-order valence-corrected chi connectivity index (χ0v) is 11.2. The van der Waals surface area contributed by atoms with Crippen molar-refractivity contribution in [1.29, 1.82) is 0 Å². The van der Waals surface area contributed by atoms with Crippen LogP contribution in [0.25, 0.3) is 5.95 Å². The maximum Gasteiger partial charge on any atom is 0.235 e. The fraction of sp³-hybridized carbons (Fsp3) is 0.333. The highest BCUT2D eigenvalue weighted by atomic mass is 32.1. The molecule has 2 rings (SSSR count). The van der Waals surface area contributed by atoms with Crippen LogP contribution in [0.1, 0.15) is 30.6 Å². The number of hydrogen-bond acceptors (Lipinski definition) is 4. The normalized spacial score (nSPS) is 10.6. The molecule has 0 unspecified atom stereocenters. The second-order valence-electron chi connectivity index (χ2n) is 4.02. The Balaban J connectivity index is 2.49. The third-order valence-corrected chi connectivity index (χ3v) is 2.71. The molecular weight excluding hydrogens is 246 g/mol. The van der Waals surface area contributed by atoms with Crippen molar-refractivity contribution in [2.45, 2.75) is 26.7 Å². The first kappa shape index (κ1) is 12.6. The van der Waals surface area contributed by atoms with Gasteiger partial charge in [0.25, 0.3) is 0 Å². The minimum absolute atomic E-state index is 0.277. The van der Waals surface area contributed by atoms with Crippen molar-refractivity contribution in [1.82, 2.24) is 19.5 Å². The molecule has 0 aliphatic rings. The van der Waals surface area contributed by atoms with Gasteiger partial charge in [-0.3, -0.25) is 4.57 Å². The average molecular weight is 261 g/mol. The summed E-state index contributed by atoms with van der Waals surface area (Å²) in [4.78, 5) is 13.3. The Morgan fingerprint density at radius 3 is 2.89 bits per heavy atom. The zero-order valence-electron chi connectivity index (χ0n) is 10.4. The molecule has 0 saturated heterocycles. The number of rotatable bonds is 4. The summed E-state index contributed by atoms with van der Waals surface area (Å²) in [6, 6.07) is 1.78. The fourth-order valence-electron chi connectivity index (χ4n) is 1.71. The first-order chi connectivity index (χ1) is 8.61. The Morgan fingerprint density at radius 2 is 2.22 bits per heavy atom. The van der Waals surface area contributed by atoms with Crippen LogP contribution in [-0.4, -0.2) is 24.5 Å². The molecule has 0 fully saturated rings. The Kier molecular flexibility index (Phi) is 3.66. The van der Waals surface area contributed by atoms with E-state index < -0.39 is 0 Å². The predicted molar refractivity (Wildman–Crippen MR) is 73.8 cm³/mol. The van der Waals surface area contributed by atoms with Crippen LogP contribution in [0, 0.1) is 6.92 Å². The number of aryl methyl sites for hydroxylation is 2. The third-order valence-electron chi connectivity index (χ3n) is 2.50. The highest BCUT2D eigenvalue weighted by molar-refractivity contribution is 7.80. The second-order valence-corrected chi connectivity index (χ2v) is 4.46. The Bertz CT molecular complexity index is 576. The van der Waals surface area contributed by atoms with Gasteiger partial charge in [-0.15, -0.1) is 0 Å². The quantitative estimate of drug-likeness (QED) is 0.846. The van der Waals surface area contributed by atoms with E-state index in [1.807, 2.05) is 17.7 Å². The molecule has 5 nitrogen and oxygen atoms in total. The molecule has 2 heterocycles. The van der Waals surface area contributed by atoms with Gasteiger partial charge in [0.15, 0.2) is 0 Å². The van der Waals surface area contributed by atoms with E-state index in [1.165, 1.54) is 0 Å². The van der Waals surface area contributed by atoms with Crippen LogP contribution in [0.3, 0.4) is 0 Å². The predicted octanol–water partition coefficient (Wildman–Crippen LogP) is 1.56. The summed E-state index contributed by atoms with van der Waals surface area (Å²) in [6.07, 6.45) is 5.50. The summed E-state index contributed by atoms with van der Waals surface area (Å²) in [6.45, 7) is 4.00. The first-order valence-corrected chi connectivity index (χ1v) is 6.20. The summed E-state index contributed by atoms with van der Waals surface area (Å²) in [5.74, 6) is 1.51. The molecule has 0 aliphatic carbocycles. The Morgan fingerprint density at radius 1 is 1.44 bits per heavy atom. The lowest BCUT2D eigenvalue weighted by molar-refractivity contribution is 0.778. The van der Waals surface area contributed by atoms with Gasteiger partial charge in [-0.2, -0.15) is 0 Å². The van der Waals surface area contributed by atoms with Crippen LogP contribution in [-0.2, 0) is 6.42 Å². The van der Waals surface area contributed by atoms with E-state index in [1.54, 1.807) is 12.3 Å². The SMILES string of the molecule is CCCc1nccn1-c1nc(C)cc(C(N)=S)n1. The summed E-state index contributed by atoms with van der Waals surface area (Å²) >= 11 is 4.96. The summed E-state index contributed by atoms with van der Waals surface area (Å²) < 4.78 is 1.87. The van der Waals surface area contributed by atoms with E-state index in [0.717, 1.165) is 24.4 Å². The second kappa shape index (κ2) is 5.22. The Labute approximate surface area is 111 Å². The number of nitrogens with two attached hydrogens (primary N) is 1. The number of aromatic nitrogens is 4. The van der Waals surface area contributed by atoms with Gasteiger partial charge in [0.05, 0.1) is 0 Å². The van der Waals surface area contributed by atoms with Gasteiger partial charge >= 0.3 is 0 Å². The molecule has 2 aromatic rings. The number of nitrogens with zero attached hydrogens (tertiary/aromatic N) is 4. The lowest BCUT2D eigenvalue weighted by Gasteiger charge is -2.08. The van der Waals surface area contributed by atoms with Crippen LogP contribution in [0.5, 0.6) is 0 Å². The molecule has 2 N–H and O–H groups in total. The van der Waals surface area contributed by atoms with Crippen LogP contribution in [0.4, 0.5) is 0 Å². The molecule has 0 saturated carbocycles.